The Balaban J connectivity index is 1.33. The zero-order valence-corrected chi connectivity index (χ0v) is 21.2. The van der Waals surface area contributed by atoms with E-state index in [1.165, 1.54) is 17.8 Å². The molecular formula is C29H26N4O3S. The van der Waals surface area contributed by atoms with E-state index in [0.29, 0.717) is 23.0 Å². The molecule has 1 N–H and O–H groups in total. The minimum atomic E-state index is -0.183. The van der Waals surface area contributed by atoms with E-state index in [0.717, 1.165) is 22.7 Å². The third-order valence-electron chi connectivity index (χ3n) is 5.39. The van der Waals surface area contributed by atoms with Gasteiger partial charge in [0, 0.05) is 23.4 Å². The van der Waals surface area contributed by atoms with E-state index in [4.69, 9.17) is 4.74 Å². The summed E-state index contributed by atoms with van der Waals surface area (Å²) in [4.78, 5) is 25.1. The van der Waals surface area contributed by atoms with Crippen LogP contribution < -0.4 is 10.1 Å². The summed E-state index contributed by atoms with van der Waals surface area (Å²) in [6.07, 6.45) is 5.05. The Morgan fingerprint density at radius 1 is 1.00 bits per heavy atom. The number of hydrogen-bond acceptors (Lipinski definition) is 6. The van der Waals surface area contributed by atoms with E-state index in [9.17, 15) is 9.59 Å². The van der Waals surface area contributed by atoms with Crippen molar-refractivity contribution >= 4 is 35.2 Å². The first-order valence-electron chi connectivity index (χ1n) is 11.6. The van der Waals surface area contributed by atoms with Crippen molar-refractivity contribution in [1.29, 1.82) is 0 Å². The third-order valence-corrected chi connectivity index (χ3v) is 6.36. The Kier molecular flexibility index (Phi) is 8.67. The molecule has 0 aliphatic heterocycles. The minimum Gasteiger partial charge on any atom is -0.497 e. The SMILES string of the molecule is C=CCn1c(SCC(=O)Nc2ccc(C(=O)/C=C/c3ccc(OC)cc3)cc2)nnc1-c1ccccc1. The van der Waals surface area contributed by atoms with Crippen LogP contribution in [-0.2, 0) is 11.3 Å². The summed E-state index contributed by atoms with van der Waals surface area (Å²) >= 11 is 1.30. The molecule has 0 bridgehead atoms. The quantitative estimate of drug-likeness (QED) is 0.119. The van der Waals surface area contributed by atoms with Gasteiger partial charge in [0.15, 0.2) is 16.8 Å². The first kappa shape index (κ1) is 25.7. The molecule has 3 aromatic carbocycles. The number of rotatable bonds is 11. The lowest BCUT2D eigenvalue weighted by Gasteiger charge is -2.08. The summed E-state index contributed by atoms with van der Waals surface area (Å²) in [5, 5.41) is 12.1. The number of aromatic nitrogens is 3. The van der Waals surface area contributed by atoms with Gasteiger partial charge in [-0.25, -0.2) is 0 Å². The lowest BCUT2D eigenvalue weighted by Crippen LogP contribution is -2.14. The van der Waals surface area contributed by atoms with Crippen LogP contribution in [-0.4, -0.2) is 39.3 Å². The van der Waals surface area contributed by atoms with E-state index >= 15 is 0 Å². The van der Waals surface area contributed by atoms with Crippen molar-refractivity contribution in [2.75, 3.05) is 18.2 Å². The van der Waals surface area contributed by atoms with Crippen molar-refractivity contribution in [3.05, 3.63) is 109 Å². The highest BCUT2D eigenvalue weighted by Crippen LogP contribution is 2.24. The van der Waals surface area contributed by atoms with Gasteiger partial charge in [-0.1, -0.05) is 66.4 Å². The smallest absolute Gasteiger partial charge is 0.234 e. The molecule has 0 saturated carbocycles. The minimum absolute atomic E-state index is 0.125. The molecule has 0 unspecified atom stereocenters. The summed E-state index contributed by atoms with van der Waals surface area (Å²) in [5.41, 5.74) is 2.99. The maximum absolute atomic E-state index is 12.6. The van der Waals surface area contributed by atoms with Crippen LogP contribution in [0.5, 0.6) is 5.75 Å². The van der Waals surface area contributed by atoms with Crippen molar-refractivity contribution < 1.29 is 14.3 Å². The summed E-state index contributed by atoms with van der Waals surface area (Å²) in [6, 6.07) is 24.0. The molecule has 0 fully saturated rings. The molecule has 8 heteroatoms. The molecule has 37 heavy (non-hydrogen) atoms. The summed E-state index contributed by atoms with van der Waals surface area (Å²) in [5.74, 6) is 1.34. The molecule has 0 saturated heterocycles. The average molecular weight is 511 g/mol. The maximum Gasteiger partial charge on any atom is 0.234 e. The normalized spacial score (nSPS) is 10.8. The molecule has 0 aliphatic carbocycles. The number of thioether (sulfide) groups is 1. The molecule has 0 aliphatic rings. The van der Waals surface area contributed by atoms with Crippen LogP contribution in [0.2, 0.25) is 0 Å². The number of nitrogens with one attached hydrogen (secondary N) is 1. The molecule has 4 aromatic rings. The Morgan fingerprint density at radius 3 is 2.41 bits per heavy atom. The monoisotopic (exact) mass is 510 g/mol. The molecule has 4 rings (SSSR count). The van der Waals surface area contributed by atoms with Gasteiger partial charge in [0.25, 0.3) is 0 Å². The Morgan fingerprint density at radius 2 is 1.73 bits per heavy atom. The first-order valence-corrected chi connectivity index (χ1v) is 12.5. The van der Waals surface area contributed by atoms with Gasteiger partial charge in [0.2, 0.25) is 5.91 Å². The van der Waals surface area contributed by atoms with Crippen molar-refractivity contribution in [3.8, 4) is 17.1 Å². The van der Waals surface area contributed by atoms with E-state index in [2.05, 4.69) is 22.1 Å². The Labute approximate surface area is 219 Å². The lowest BCUT2D eigenvalue weighted by atomic mass is 10.1. The summed E-state index contributed by atoms with van der Waals surface area (Å²) in [6.45, 7) is 4.35. The molecule has 0 spiro atoms. The van der Waals surface area contributed by atoms with Gasteiger partial charge < -0.3 is 10.1 Å². The highest BCUT2D eigenvalue weighted by Gasteiger charge is 2.15. The predicted octanol–water partition coefficient (Wildman–Crippen LogP) is 5.77. The average Bonchev–Trinajstić information content (AvgIpc) is 3.34. The molecule has 0 atom stereocenters. The van der Waals surface area contributed by atoms with Crippen molar-refractivity contribution in [1.82, 2.24) is 14.8 Å². The topological polar surface area (TPSA) is 86.1 Å². The van der Waals surface area contributed by atoms with Crippen LogP contribution >= 0.6 is 11.8 Å². The highest BCUT2D eigenvalue weighted by molar-refractivity contribution is 7.99. The van der Waals surface area contributed by atoms with Crippen LogP contribution in [0.25, 0.3) is 17.5 Å². The second-order valence-electron chi connectivity index (χ2n) is 7.96. The van der Waals surface area contributed by atoms with Gasteiger partial charge in [0.05, 0.1) is 12.9 Å². The highest BCUT2D eigenvalue weighted by atomic mass is 32.2. The molecule has 1 aromatic heterocycles. The second kappa shape index (κ2) is 12.5. The van der Waals surface area contributed by atoms with Gasteiger partial charge in [-0.2, -0.15) is 0 Å². The number of ether oxygens (including phenoxy) is 1. The van der Waals surface area contributed by atoms with E-state index in [1.807, 2.05) is 59.2 Å². The Hall–Kier alpha value is -4.43. The Bertz CT molecular complexity index is 1400. The molecule has 1 amide bonds. The van der Waals surface area contributed by atoms with E-state index in [1.54, 1.807) is 43.5 Å². The standard InChI is InChI=1S/C29H26N4O3S/c1-3-19-33-28(23-7-5-4-6-8-23)31-32-29(33)37-20-27(35)30-24-14-12-22(13-15-24)26(34)18-11-21-9-16-25(36-2)17-10-21/h3-18H,1,19-20H2,2H3,(H,30,35)/b18-11+. The molecular weight excluding hydrogens is 484 g/mol. The molecule has 7 nitrogen and oxygen atoms in total. The van der Waals surface area contributed by atoms with Gasteiger partial charge in [-0.05, 0) is 48.0 Å². The van der Waals surface area contributed by atoms with Crippen LogP contribution in [0.1, 0.15) is 15.9 Å². The zero-order chi connectivity index (χ0) is 26.0. The second-order valence-corrected chi connectivity index (χ2v) is 8.90. The zero-order valence-electron chi connectivity index (χ0n) is 20.3. The van der Waals surface area contributed by atoms with Gasteiger partial charge in [-0.15, -0.1) is 16.8 Å². The van der Waals surface area contributed by atoms with Crippen LogP contribution in [0, 0.1) is 0 Å². The van der Waals surface area contributed by atoms with Crippen LogP contribution in [0.3, 0.4) is 0 Å². The summed E-state index contributed by atoms with van der Waals surface area (Å²) in [7, 11) is 1.61. The number of benzene rings is 3. The number of amides is 1. The number of carbonyl (C=O) groups excluding carboxylic acids is 2. The van der Waals surface area contributed by atoms with Crippen molar-refractivity contribution in [2.45, 2.75) is 11.7 Å². The number of nitrogens with zero attached hydrogens (tertiary/aromatic N) is 3. The van der Waals surface area contributed by atoms with E-state index < -0.39 is 0 Å². The number of methoxy groups -OCH3 is 1. The van der Waals surface area contributed by atoms with Crippen molar-refractivity contribution in [3.63, 3.8) is 0 Å². The number of hydrogen-bond donors (Lipinski definition) is 1. The van der Waals surface area contributed by atoms with Gasteiger partial charge in [0.1, 0.15) is 5.75 Å². The fourth-order valence-corrected chi connectivity index (χ4v) is 4.27. The van der Waals surface area contributed by atoms with Crippen molar-refractivity contribution in [2.24, 2.45) is 0 Å². The first-order chi connectivity index (χ1) is 18.1. The predicted molar refractivity (Wildman–Crippen MR) is 148 cm³/mol. The molecule has 186 valence electrons. The third kappa shape index (κ3) is 6.83. The lowest BCUT2D eigenvalue weighted by molar-refractivity contribution is -0.113. The fourth-order valence-electron chi connectivity index (χ4n) is 3.52. The maximum atomic E-state index is 12.6. The fraction of sp³-hybridized carbons (Fsp3) is 0.103. The van der Waals surface area contributed by atoms with E-state index in [-0.39, 0.29) is 17.4 Å². The number of carbonyl (C=O) groups is 2. The number of allylic oxidation sites excluding steroid dienone is 2. The van der Waals surface area contributed by atoms with Gasteiger partial charge >= 0.3 is 0 Å². The molecule has 1 heterocycles. The largest absolute Gasteiger partial charge is 0.497 e. The van der Waals surface area contributed by atoms with Gasteiger partial charge in [-0.3, -0.25) is 14.2 Å². The molecule has 0 radical (unpaired) electrons. The summed E-state index contributed by atoms with van der Waals surface area (Å²) < 4.78 is 7.07. The number of anilines is 1. The van der Waals surface area contributed by atoms with Crippen LogP contribution in [0.15, 0.2) is 103 Å². The van der Waals surface area contributed by atoms with Crippen LogP contribution in [0.4, 0.5) is 5.69 Å². The number of ketones is 1.